The summed E-state index contributed by atoms with van der Waals surface area (Å²) in [5.41, 5.74) is -0.0379. The van der Waals surface area contributed by atoms with Gasteiger partial charge in [0.25, 0.3) is 0 Å². The monoisotopic (exact) mass is 303 g/mol. The molecule has 7 heteroatoms. The third-order valence-corrected chi connectivity index (χ3v) is 5.20. The van der Waals surface area contributed by atoms with Gasteiger partial charge in [-0.05, 0) is 24.1 Å². The zero-order chi connectivity index (χ0) is 14.8. The number of rotatable bonds is 5. The van der Waals surface area contributed by atoms with Crippen molar-refractivity contribution in [2.75, 3.05) is 0 Å². The fourth-order valence-corrected chi connectivity index (χ4v) is 2.92. The van der Waals surface area contributed by atoms with E-state index >= 15 is 0 Å². The maximum absolute atomic E-state index is 11.2. The van der Waals surface area contributed by atoms with Gasteiger partial charge in [-0.25, -0.2) is 18.4 Å². The number of carboxylic acid groups (broad SMARTS) is 1. The first-order chi connectivity index (χ1) is 8.62. The van der Waals surface area contributed by atoms with Gasteiger partial charge in [-0.15, -0.1) is 11.8 Å². The van der Waals surface area contributed by atoms with E-state index in [4.69, 9.17) is 10.2 Å². The zero-order valence-corrected chi connectivity index (χ0v) is 12.6. The molecule has 5 nitrogen and oxygen atoms in total. The van der Waals surface area contributed by atoms with Gasteiger partial charge >= 0.3 is 5.97 Å². The molecule has 0 radical (unpaired) electrons. The predicted octanol–water partition coefficient (Wildman–Crippen LogP) is 2.17. The number of nitrogens with two attached hydrogens (primary N) is 1. The minimum atomic E-state index is -3.89. The standard InChI is InChI=1S/C12H17NO4S2/c1-7(2)8(3)18-11-5-4-9(19(13,16)17)6-10(11)12(14)15/h4-8H,1-3H3,(H,14,15)(H2,13,16,17). The molecule has 0 saturated carbocycles. The van der Waals surface area contributed by atoms with Gasteiger partial charge in [0, 0.05) is 10.1 Å². The first-order valence-electron chi connectivity index (χ1n) is 5.69. The van der Waals surface area contributed by atoms with E-state index in [1.54, 1.807) is 0 Å². The van der Waals surface area contributed by atoms with E-state index in [0.717, 1.165) is 6.07 Å². The number of carbonyl (C=O) groups is 1. The molecular formula is C12H17NO4S2. The van der Waals surface area contributed by atoms with Crippen LogP contribution in [0.2, 0.25) is 0 Å². The van der Waals surface area contributed by atoms with Crippen molar-refractivity contribution in [1.29, 1.82) is 0 Å². The van der Waals surface area contributed by atoms with Gasteiger partial charge in [0.1, 0.15) is 0 Å². The van der Waals surface area contributed by atoms with Crippen LogP contribution < -0.4 is 5.14 Å². The number of thioether (sulfide) groups is 1. The fraction of sp³-hybridized carbons (Fsp3) is 0.417. The maximum atomic E-state index is 11.2. The van der Waals surface area contributed by atoms with Gasteiger partial charge in [0.15, 0.2) is 0 Å². The molecule has 0 amide bonds. The largest absolute Gasteiger partial charge is 0.478 e. The zero-order valence-electron chi connectivity index (χ0n) is 11.0. The molecular weight excluding hydrogens is 286 g/mol. The molecule has 0 saturated heterocycles. The predicted molar refractivity (Wildman–Crippen MR) is 74.9 cm³/mol. The lowest BCUT2D eigenvalue weighted by atomic mass is 10.2. The van der Waals surface area contributed by atoms with E-state index in [9.17, 15) is 13.2 Å². The smallest absolute Gasteiger partial charge is 0.336 e. The van der Waals surface area contributed by atoms with Crippen molar-refractivity contribution >= 4 is 27.8 Å². The topological polar surface area (TPSA) is 97.5 Å². The Labute approximate surface area is 117 Å². The normalized spacial score (nSPS) is 13.5. The second kappa shape index (κ2) is 5.94. The van der Waals surface area contributed by atoms with Crippen LogP contribution in [-0.4, -0.2) is 24.7 Å². The summed E-state index contributed by atoms with van der Waals surface area (Å²) in [5.74, 6) is -0.784. The lowest BCUT2D eigenvalue weighted by molar-refractivity contribution is 0.0693. The summed E-state index contributed by atoms with van der Waals surface area (Å²) in [4.78, 5) is 11.6. The molecule has 0 aromatic heterocycles. The SMILES string of the molecule is CC(C)C(C)Sc1ccc(S(N)(=O)=O)cc1C(=O)O. The van der Waals surface area contributed by atoms with Crippen LogP contribution >= 0.6 is 11.8 Å². The Morgan fingerprint density at radius 2 is 1.89 bits per heavy atom. The molecule has 0 heterocycles. The van der Waals surface area contributed by atoms with Crippen molar-refractivity contribution in [3.63, 3.8) is 0 Å². The van der Waals surface area contributed by atoms with Crippen molar-refractivity contribution < 1.29 is 18.3 Å². The Hall–Kier alpha value is -1.05. The molecule has 0 aliphatic carbocycles. The summed E-state index contributed by atoms with van der Waals surface area (Å²) in [6.07, 6.45) is 0. The van der Waals surface area contributed by atoms with Crippen molar-refractivity contribution in [3.05, 3.63) is 23.8 Å². The van der Waals surface area contributed by atoms with Gasteiger partial charge in [-0.2, -0.15) is 0 Å². The molecule has 0 spiro atoms. The summed E-state index contributed by atoms with van der Waals surface area (Å²) in [6.45, 7) is 6.07. The number of carboxylic acids is 1. The third kappa shape index (κ3) is 4.22. The molecule has 106 valence electrons. The molecule has 1 unspecified atom stereocenters. The van der Waals surface area contributed by atoms with Crippen LogP contribution in [0.1, 0.15) is 31.1 Å². The van der Waals surface area contributed by atoms with Crippen LogP contribution in [0.25, 0.3) is 0 Å². The van der Waals surface area contributed by atoms with Crippen molar-refractivity contribution in [2.24, 2.45) is 11.1 Å². The summed E-state index contributed by atoms with van der Waals surface area (Å²) in [7, 11) is -3.89. The van der Waals surface area contributed by atoms with E-state index < -0.39 is 16.0 Å². The van der Waals surface area contributed by atoms with Gasteiger partial charge in [0.05, 0.1) is 10.5 Å². The number of hydrogen-bond acceptors (Lipinski definition) is 4. The van der Waals surface area contributed by atoms with Gasteiger partial charge in [-0.3, -0.25) is 0 Å². The fourth-order valence-electron chi connectivity index (χ4n) is 1.29. The summed E-state index contributed by atoms with van der Waals surface area (Å²) < 4.78 is 22.5. The van der Waals surface area contributed by atoms with E-state index in [0.29, 0.717) is 10.8 Å². The number of aromatic carboxylic acids is 1. The molecule has 1 aromatic rings. The van der Waals surface area contributed by atoms with Crippen LogP contribution in [-0.2, 0) is 10.0 Å². The lowest BCUT2D eigenvalue weighted by Gasteiger charge is -2.16. The van der Waals surface area contributed by atoms with Crippen LogP contribution in [0, 0.1) is 5.92 Å². The lowest BCUT2D eigenvalue weighted by Crippen LogP contribution is -2.14. The van der Waals surface area contributed by atoms with Crippen LogP contribution in [0.3, 0.4) is 0 Å². The summed E-state index contributed by atoms with van der Waals surface area (Å²) in [6, 6.07) is 3.93. The molecule has 1 aromatic carbocycles. The van der Waals surface area contributed by atoms with Gasteiger partial charge in [-0.1, -0.05) is 20.8 Å². The highest BCUT2D eigenvalue weighted by molar-refractivity contribution is 8.00. The summed E-state index contributed by atoms with van der Waals surface area (Å²) >= 11 is 1.41. The van der Waals surface area contributed by atoms with Crippen LogP contribution in [0.15, 0.2) is 28.0 Å². The van der Waals surface area contributed by atoms with E-state index in [1.165, 1.54) is 23.9 Å². The Bertz CT molecular complexity index is 581. The third-order valence-electron chi connectivity index (χ3n) is 2.76. The van der Waals surface area contributed by atoms with Crippen molar-refractivity contribution in [2.45, 2.75) is 35.8 Å². The Morgan fingerprint density at radius 3 is 2.32 bits per heavy atom. The Kier molecular flexibility index (Phi) is 5.00. The van der Waals surface area contributed by atoms with E-state index in [-0.39, 0.29) is 15.7 Å². The Balaban J connectivity index is 3.24. The van der Waals surface area contributed by atoms with Crippen molar-refractivity contribution in [3.8, 4) is 0 Å². The van der Waals surface area contributed by atoms with Crippen molar-refractivity contribution in [1.82, 2.24) is 0 Å². The minimum absolute atomic E-state index is 0.0379. The van der Waals surface area contributed by atoms with Gasteiger partial charge in [0.2, 0.25) is 10.0 Å². The number of primary sulfonamides is 1. The average molecular weight is 303 g/mol. The van der Waals surface area contributed by atoms with E-state index in [2.05, 4.69) is 0 Å². The molecule has 19 heavy (non-hydrogen) atoms. The molecule has 3 N–H and O–H groups in total. The average Bonchev–Trinajstić information content (AvgIpc) is 2.27. The second-order valence-electron chi connectivity index (χ2n) is 4.58. The molecule has 1 atom stereocenters. The summed E-state index contributed by atoms with van der Waals surface area (Å²) in [5, 5.41) is 14.4. The maximum Gasteiger partial charge on any atom is 0.336 e. The van der Waals surface area contributed by atoms with Crippen LogP contribution in [0.4, 0.5) is 0 Å². The highest BCUT2D eigenvalue weighted by Crippen LogP contribution is 2.31. The van der Waals surface area contributed by atoms with Crippen LogP contribution in [0.5, 0.6) is 0 Å². The highest BCUT2D eigenvalue weighted by Gasteiger charge is 2.18. The molecule has 0 aliphatic heterocycles. The minimum Gasteiger partial charge on any atom is -0.478 e. The number of hydrogen-bond donors (Lipinski definition) is 2. The quantitative estimate of drug-likeness (QED) is 0.812. The van der Waals surface area contributed by atoms with E-state index in [1.807, 2.05) is 20.8 Å². The molecule has 0 aliphatic rings. The molecule has 0 bridgehead atoms. The first kappa shape index (κ1) is 16.0. The number of sulfonamides is 1. The molecule has 0 fully saturated rings. The Morgan fingerprint density at radius 1 is 1.32 bits per heavy atom. The molecule has 1 rings (SSSR count). The highest BCUT2D eigenvalue weighted by atomic mass is 32.2. The number of benzene rings is 1. The van der Waals surface area contributed by atoms with Gasteiger partial charge < -0.3 is 5.11 Å². The first-order valence-corrected chi connectivity index (χ1v) is 8.12. The second-order valence-corrected chi connectivity index (χ2v) is 7.56.